The molecule has 1 aliphatic rings. The number of aliphatic hydroxyl groups is 1. The van der Waals surface area contributed by atoms with Crippen molar-refractivity contribution in [2.75, 3.05) is 24.6 Å². The van der Waals surface area contributed by atoms with Crippen LogP contribution >= 0.6 is 0 Å². The number of aliphatic hydroxyl groups excluding tert-OH is 1. The van der Waals surface area contributed by atoms with E-state index in [9.17, 15) is 4.79 Å². The van der Waals surface area contributed by atoms with Gasteiger partial charge in [0.05, 0.1) is 5.56 Å². The molecule has 0 bridgehead atoms. The first kappa shape index (κ1) is 17.7. The summed E-state index contributed by atoms with van der Waals surface area (Å²) in [6, 6.07) is 3.77. The lowest BCUT2D eigenvalue weighted by atomic mass is 10.0. The summed E-state index contributed by atoms with van der Waals surface area (Å²) in [7, 11) is 0. The molecule has 1 aromatic rings. The number of carbonyl (C=O) groups excluding carboxylic acids is 1. The second-order valence-corrected chi connectivity index (χ2v) is 6.64. The molecule has 2 N–H and O–H groups in total. The third-order valence-corrected chi connectivity index (χ3v) is 4.50. The number of aromatic nitrogens is 1. The van der Waals surface area contributed by atoms with E-state index in [2.05, 4.69) is 15.2 Å². The van der Waals surface area contributed by atoms with Crippen molar-refractivity contribution in [3.8, 4) is 0 Å². The number of pyridine rings is 1. The predicted octanol–water partition coefficient (Wildman–Crippen LogP) is 2.60. The first-order chi connectivity index (χ1) is 11.1. The normalized spacial score (nSPS) is 17.0. The predicted molar refractivity (Wildman–Crippen MR) is 92.7 cm³/mol. The number of carbonyl (C=O) groups is 1. The quantitative estimate of drug-likeness (QED) is 0.846. The van der Waals surface area contributed by atoms with Crippen LogP contribution in [-0.4, -0.2) is 41.7 Å². The third kappa shape index (κ3) is 5.20. The van der Waals surface area contributed by atoms with E-state index in [0.29, 0.717) is 12.0 Å². The average molecular weight is 319 g/mol. The highest BCUT2D eigenvalue weighted by atomic mass is 16.3. The maximum atomic E-state index is 12.3. The summed E-state index contributed by atoms with van der Waals surface area (Å²) in [6.07, 6.45) is 7.23. The third-order valence-electron chi connectivity index (χ3n) is 4.50. The van der Waals surface area contributed by atoms with Crippen LogP contribution < -0.4 is 10.2 Å². The Balaban J connectivity index is 1.99. The van der Waals surface area contributed by atoms with Gasteiger partial charge in [-0.1, -0.05) is 26.7 Å². The number of hydrogen-bond acceptors (Lipinski definition) is 4. The zero-order valence-corrected chi connectivity index (χ0v) is 14.3. The lowest BCUT2D eigenvalue weighted by molar-refractivity contribution is 0.0916. The number of hydrogen-bond donors (Lipinski definition) is 2. The first-order valence-corrected chi connectivity index (χ1v) is 8.74. The molecule has 1 unspecified atom stereocenters. The van der Waals surface area contributed by atoms with Crippen molar-refractivity contribution in [3.63, 3.8) is 0 Å². The van der Waals surface area contributed by atoms with Gasteiger partial charge in [0.1, 0.15) is 5.82 Å². The van der Waals surface area contributed by atoms with Crippen LogP contribution in [0.3, 0.4) is 0 Å². The minimum Gasteiger partial charge on any atom is -0.396 e. The van der Waals surface area contributed by atoms with E-state index in [1.54, 1.807) is 6.20 Å². The number of amides is 1. The van der Waals surface area contributed by atoms with Crippen LogP contribution in [0.1, 0.15) is 56.3 Å². The Hall–Kier alpha value is -1.62. The molecule has 23 heavy (non-hydrogen) atoms. The molecule has 0 saturated carbocycles. The van der Waals surface area contributed by atoms with Gasteiger partial charge in [-0.3, -0.25) is 4.79 Å². The fourth-order valence-electron chi connectivity index (χ4n) is 2.97. The Morgan fingerprint density at radius 2 is 1.96 bits per heavy atom. The molecular weight excluding hydrogens is 290 g/mol. The van der Waals surface area contributed by atoms with Crippen molar-refractivity contribution < 1.29 is 9.90 Å². The van der Waals surface area contributed by atoms with Crippen LogP contribution in [0.25, 0.3) is 0 Å². The van der Waals surface area contributed by atoms with Crippen molar-refractivity contribution in [1.29, 1.82) is 0 Å². The molecule has 1 aromatic heterocycles. The summed E-state index contributed by atoms with van der Waals surface area (Å²) in [5, 5.41) is 12.1. The zero-order chi connectivity index (χ0) is 16.7. The summed E-state index contributed by atoms with van der Waals surface area (Å²) in [4.78, 5) is 19.1. The van der Waals surface area contributed by atoms with Crippen LogP contribution in [0.4, 0.5) is 5.82 Å². The second-order valence-electron chi connectivity index (χ2n) is 6.64. The second kappa shape index (κ2) is 8.87. The van der Waals surface area contributed by atoms with E-state index in [1.165, 1.54) is 25.7 Å². The molecule has 1 fully saturated rings. The molecular formula is C18H29N3O2. The number of nitrogens with one attached hydrogen (secondary N) is 1. The lowest BCUT2D eigenvalue weighted by Gasteiger charge is -2.23. The Labute approximate surface area is 139 Å². The van der Waals surface area contributed by atoms with Crippen molar-refractivity contribution in [3.05, 3.63) is 23.9 Å². The van der Waals surface area contributed by atoms with Gasteiger partial charge in [-0.15, -0.1) is 0 Å². The van der Waals surface area contributed by atoms with E-state index >= 15 is 0 Å². The molecule has 0 spiro atoms. The van der Waals surface area contributed by atoms with E-state index in [-0.39, 0.29) is 24.5 Å². The van der Waals surface area contributed by atoms with Crippen LogP contribution in [0, 0.1) is 5.92 Å². The van der Waals surface area contributed by atoms with Gasteiger partial charge in [0, 0.05) is 31.9 Å². The van der Waals surface area contributed by atoms with Gasteiger partial charge in [0.25, 0.3) is 5.91 Å². The standard InChI is InChI=1S/C18H29N3O2/c1-14(2)16(9-12-22)20-18(23)15-7-8-17(19-13-15)21-10-5-3-4-6-11-21/h7-8,13-14,16,22H,3-6,9-12H2,1-2H3,(H,20,23). The van der Waals surface area contributed by atoms with Gasteiger partial charge in [0.2, 0.25) is 0 Å². The van der Waals surface area contributed by atoms with Gasteiger partial charge >= 0.3 is 0 Å². The monoisotopic (exact) mass is 319 g/mol. The van der Waals surface area contributed by atoms with E-state index < -0.39 is 0 Å². The molecule has 5 nitrogen and oxygen atoms in total. The molecule has 1 saturated heterocycles. The van der Waals surface area contributed by atoms with Gasteiger partial charge in [0.15, 0.2) is 0 Å². The Morgan fingerprint density at radius 1 is 1.26 bits per heavy atom. The summed E-state index contributed by atoms with van der Waals surface area (Å²) < 4.78 is 0. The molecule has 0 aromatic carbocycles. The van der Waals surface area contributed by atoms with Gasteiger partial charge in [-0.05, 0) is 37.3 Å². The van der Waals surface area contributed by atoms with Gasteiger partial charge in [-0.2, -0.15) is 0 Å². The Morgan fingerprint density at radius 3 is 2.48 bits per heavy atom. The van der Waals surface area contributed by atoms with Gasteiger partial charge < -0.3 is 15.3 Å². The number of rotatable bonds is 6. The molecule has 2 rings (SSSR count). The van der Waals surface area contributed by atoms with Crippen LogP contribution in [0.15, 0.2) is 18.3 Å². The summed E-state index contributed by atoms with van der Waals surface area (Å²) in [5.41, 5.74) is 0.576. The fourth-order valence-corrected chi connectivity index (χ4v) is 2.97. The Bertz CT molecular complexity index is 480. The lowest BCUT2D eigenvalue weighted by Crippen LogP contribution is -2.39. The van der Waals surface area contributed by atoms with Crippen LogP contribution in [0.2, 0.25) is 0 Å². The highest BCUT2D eigenvalue weighted by molar-refractivity contribution is 5.94. The van der Waals surface area contributed by atoms with E-state index in [1.807, 2.05) is 26.0 Å². The topological polar surface area (TPSA) is 65.5 Å². The van der Waals surface area contributed by atoms with Crippen molar-refractivity contribution in [1.82, 2.24) is 10.3 Å². The minimum absolute atomic E-state index is 0.0159. The maximum Gasteiger partial charge on any atom is 0.253 e. The molecule has 0 radical (unpaired) electrons. The summed E-state index contributed by atoms with van der Waals surface area (Å²) >= 11 is 0. The highest BCUT2D eigenvalue weighted by Crippen LogP contribution is 2.17. The van der Waals surface area contributed by atoms with Gasteiger partial charge in [-0.25, -0.2) is 4.98 Å². The van der Waals surface area contributed by atoms with Crippen LogP contribution in [0.5, 0.6) is 0 Å². The summed E-state index contributed by atoms with van der Waals surface area (Å²) in [6.45, 7) is 6.26. The molecule has 1 aliphatic heterocycles. The minimum atomic E-state index is -0.118. The molecule has 5 heteroatoms. The molecule has 1 amide bonds. The first-order valence-electron chi connectivity index (χ1n) is 8.74. The van der Waals surface area contributed by atoms with Crippen molar-refractivity contribution in [2.45, 2.75) is 52.0 Å². The fraction of sp³-hybridized carbons (Fsp3) is 0.667. The molecule has 1 atom stereocenters. The number of anilines is 1. The Kier molecular flexibility index (Phi) is 6.84. The molecule has 2 heterocycles. The number of nitrogens with zero attached hydrogens (tertiary/aromatic N) is 2. The van der Waals surface area contributed by atoms with E-state index in [4.69, 9.17) is 5.11 Å². The molecule has 0 aliphatic carbocycles. The van der Waals surface area contributed by atoms with E-state index in [0.717, 1.165) is 18.9 Å². The zero-order valence-electron chi connectivity index (χ0n) is 14.3. The smallest absolute Gasteiger partial charge is 0.253 e. The van der Waals surface area contributed by atoms with Crippen LogP contribution in [-0.2, 0) is 0 Å². The highest BCUT2D eigenvalue weighted by Gasteiger charge is 2.17. The van der Waals surface area contributed by atoms with Crippen molar-refractivity contribution >= 4 is 11.7 Å². The largest absolute Gasteiger partial charge is 0.396 e. The molecule has 128 valence electrons. The average Bonchev–Trinajstić information content (AvgIpc) is 2.83. The SMILES string of the molecule is CC(C)C(CCO)NC(=O)c1ccc(N2CCCCCC2)nc1. The summed E-state index contributed by atoms with van der Waals surface area (Å²) in [5.74, 6) is 1.13. The van der Waals surface area contributed by atoms with Crippen molar-refractivity contribution in [2.24, 2.45) is 5.92 Å². The maximum absolute atomic E-state index is 12.3.